The average Bonchev–Trinajstić information content (AvgIpc) is 2.96. The van der Waals surface area contributed by atoms with Crippen molar-refractivity contribution in [2.75, 3.05) is 0 Å². The van der Waals surface area contributed by atoms with Crippen molar-refractivity contribution in [1.29, 1.82) is 0 Å². The number of carbonyl (C=O) groups is 1. The lowest BCUT2D eigenvalue weighted by Crippen LogP contribution is -2.07. The number of aromatic amines is 1. The molecule has 0 aliphatic carbocycles. The number of benzene rings is 1. The van der Waals surface area contributed by atoms with Crippen LogP contribution >= 0.6 is 23.2 Å². The van der Waals surface area contributed by atoms with E-state index in [9.17, 15) is 23.1 Å². The Morgan fingerprint density at radius 1 is 1.23 bits per heavy atom. The van der Waals surface area contributed by atoms with Crippen LogP contribution in [0.4, 0.5) is 13.2 Å². The number of rotatable bonds is 3. The molecule has 2 N–H and O–H groups in total. The summed E-state index contributed by atoms with van der Waals surface area (Å²) >= 11 is 12.4. The molecule has 0 saturated heterocycles. The Kier molecular flexibility index (Phi) is 4.62. The van der Waals surface area contributed by atoms with E-state index in [0.29, 0.717) is 16.8 Å². The maximum Gasteiger partial charge on any atom is 0.433 e. The Hall–Kier alpha value is -2.25. The Morgan fingerprint density at radius 2 is 1.92 bits per heavy atom. The lowest BCUT2D eigenvalue weighted by Gasteiger charge is -2.15. The van der Waals surface area contributed by atoms with Crippen molar-refractivity contribution in [2.45, 2.75) is 19.0 Å². The highest BCUT2D eigenvalue weighted by atomic mass is 35.5. The number of hydrogen-bond acceptors (Lipinski definition) is 2. The first-order valence-corrected chi connectivity index (χ1v) is 8.13. The minimum Gasteiger partial charge on any atom is -0.478 e. The molecule has 9 heteroatoms. The molecule has 0 bridgehead atoms. The molecule has 0 saturated carbocycles. The van der Waals surface area contributed by atoms with Crippen LogP contribution in [0.5, 0.6) is 0 Å². The number of carboxylic acid groups (broad SMARTS) is 1. The summed E-state index contributed by atoms with van der Waals surface area (Å²) in [6, 6.07) is 6.36. The molecule has 1 atom stereocenters. The summed E-state index contributed by atoms with van der Waals surface area (Å²) in [6.07, 6.45) is -4.54. The van der Waals surface area contributed by atoms with Crippen molar-refractivity contribution in [3.63, 3.8) is 0 Å². The first-order chi connectivity index (χ1) is 12.1. The smallest absolute Gasteiger partial charge is 0.433 e. The van der Waals surface area contributed by atoms with E-state index in [-0.39, 0.29) is 21.1 Å². The SMILES string of the molecule is CC(c1cc2nc(C(F)(F)F)ccc2[nH]1)c1c(Cl)ccc(C(=O)O)c1Cl. The van der Waals surface area contributed by atoms with Gasteiger partial charge in [0.2, 0.25) is 0 Å². The molecule has 0 aliphatic rings. The zero-order chi connectivity index (χ0) is 19.2. The first kappa shape index (κ1) is 18.5. The monoisotopic (exact) mass is 402 g/mol. The molecule has 2 aromatic heterocycles. The summed E-state index contributed by atoms with van der Waals surface area (Å²) < 4.78 is 38.4. The van der Waals surface area contributed by atoms with Crippen LogP contribution in [-0.2, 0) is 6.18 Å². The van der Waals surface area contributed by atoms with E-state index < -0.39 is 23.8 Å². The van der Waals surface area contributed by atoms with Crippen LogP contribution in [0.3, 0.4) is 0 Å². The number of aromatic nitrogens is 2. The van der Waals surface area contributed by atoms with Crippen LogP contribution in [0, 0.1) is 0 Å². The standard InChI is InChI=1S/C17H11Cl2F3N2O2/c1-7(14-9(18)3-2-8(15(14)19)16(25)26)11-6-12-10(23-11)4-5-13(24-12)17(20,21)22/h2-7,23H,1H3,(H,25,26). The number of halogens is 5. The highest BCUT2D eigenvalue weighted by Crippen LogP contribution is 2.38. The molecule has 0 aliphatic heterocycles. The maximum absolute atomic E-state index is 12.8. The minimum absolute atomic E-state index is 0.0138. The minimum atomic E-state index is -4.54. The van der Waals surface area contributed by atoms with Gasteiger partial charge in [-0.05, 0) is 35.9 Å². The molecule has 0 fully saturated rings. The van der Waals surface area contributed by atoms with Gasteiger partial charge in [-0.25, -0.2) is 9.78 Å². The van der Waals surface area contributed by atoms with Crippen molar-refractivity contribution >= 4 is 40.2 Å². The number of nitrogens with zero attached hydrogens (tertiary/aromatic N) is 1. The molecule has 1 unspecified atom stereocenters. The molecular formula is C17H11Cl2F3N2O2. The quantitative estimate of drug-likeness (QED) is 0.586. The van der Waals surface area contributed by atoms with Gasteiger partial charge in [0.25, 0.3) is 0 Å². The Balaban J connectivity index is 2.10. The zero-order valence-electron chi connectivity index (χ0n) is 13.2. The fourth-order valence-corrected chi connectivity index (χ4v) is 3.49. The first-order valence-electron chi connectivity index (χ1n) is 7.37. The fraction of sp³-hybridized carbons (Fsp3) is 0.176. The second kappa shape index (κ2) is 6.48. The fourth-order valence-electron chi connectivity index (χ4n) is 2.71. The zero-order valence-corrected chi connectivity index (χ0v) is 14.7. The Bertz CT molecular complexity index is 1020. The molecule has 0 radical (unpaired) electrons. The molecule has 0 amide bonds. The predicted molar refractivity (Wildman–Crippen MR) is 92.0 cm³/mol. The molecule has 3 rings (SSSR count). The van der Waals surface area contributed by atoms with Gasteiger partial charge in [-0.3, -0.25) is 0 Å². The number of fused-ring (bicyclic) bond motifs is 1. The van der Waals surface area contributed by atoms with Crippen molar-refractivity contribution in [2.24, 2.45) is 0 Å². The molecule has 26 heavy (non-hydrogen) atoms. The van der Waals surface area contributed by atoms with Gasteiger partial charge in [-0.15, -0.1) is 0 Å². The van der Waals surface area contributed by atoms with Crippen LogP contribution in [-0.4, -0.2) is 21.0 Å². The van der Waals surface area contributed by atoms with Crippen LogP contribution in [0.15, 0.2) is 30.3 Å². The third kappa shape index (κ3) is 3.24. The van der Waals surface area contributed by atoms with Crippen molar-refractivity contribution in [3.8, 4) is 0 Å². The summed E-state index contributed by atoms with van der Waals surface area (Å²) in [7, 11) is 0. The number of aromatic carboxylic acids is 1. The summed E-state index contributed by atoms with van der Waals surface area (Å²) in [5.74, 6) is -1.69. The van der Waals surface area contributed by atoms with Gasteiger partial charge in [0, 0.05) is 16.6 Å². The van der Waals surface area contributed by atoms with Crippen molar-refractivity contribution in [1.82, 2.24) is 9.97 Å². The van der Waals surface area contributed by atoms with Crippen LogP contribution < -0.4 is 0 Å². The van der Waals surface area contributed by atoms with Gasteiger partial charge in [-0.2, -0.15) is 13.2 Å². The Labute approximate surface area is 155 Å². The predicted octanol–water partition coefficient (Wildman–Crippen LogP) is 5.74. The van der Waals surface area contributed by atoms with Gasteiger partial charge >= 0.3 is 12.1 Å². The van der Waals surface area contributed by atoms with E-state index in [4.69, 9.17) is 23.2 Å². The van der Waals surface area contributed by atoms with Gasteiger partial charge in [-0.1, -0.05) is 30.1 Å². The highest BCUT2D eigenvalue weighted by Gasteiger charge is 2.32. The number of alkyl halides is 3. The number of carboxylic acids is 1. The van der Waals surface area contributed by atoms with E-state index in [1.165, 1.54) is 24.3 Å². The van der Waals surface area contributed by atoms with E-state index in [1.54, 1.807) is 6.92 Å². The number of nitrogens with one attached hydrogen (secondary N) is 1. The second-order valence-corrected chi connectivity index (χ2v) is 6.49. The normalized spacial score (nSPS) is 13.2. The van der Waals surface area contributed by atoms with E-state index in [1.807, 2.05) is 0 Å². The molecule has 136 valence electrons. The lowest BCUT2D eigenvalue weighted by molar-refractivity contribution is -0.140. The maximum atomic E-state index is 12.8. The van der Waals surface area contributed by atoms with E-state index in [2.05, 4.69) is 9.97 Å². The molecule has 0 spiro atoms. The topological polar surface area (TPSA) is 66.0 Å². The lowest BCUT2D eigenvalue weighted by atomic mass is 9.96. The molecule has 2 heterocycles. The van der Waals surface area contributed by atoms with E-state index >= 15 is 0 Å². The second-order valence-electron chi connectivity index (χ2n) is 5.70. The third-order valence-electron chi connectivity index (χ3n) is 4.04. The molecular weight excluding hydrogens is 392 g/mol. The van der Waals surface area contributed by atoms with Crippen LogP contribution in [0.2, 0.25) is 10.0 Å². The number of hydrogen-bond donors (Lipinski definition) is 2. The van der Waals surface area contributed by atoms with E-state index in [0.717, 1.165) is 6.07 Å². The highest BCUT2D eigenvalue weighted by molar-refractivity contribution is 6.38. The summed E-state index contributed by atoms with van der Waals surface area (Å²) in [5, 5.41) is 9.45. The van der Waals surface area contributed by atoms with Crippen molar-refractivity contribution in [3.05, 3.63) is 62.9 Å². The van der Waals surface area contributed by atoms with Gasteiger partial charge in [0.15, 0.2) is 0 Å². The van der Waals surface area contributed by atoms with Gasteiger partial charge < -0.3 is 10.1 Å². The van der Waals surface area contributed by atoms with Gasteiger partial charge in [0.1, 0.15) is 5.69 Å². The summed E-state index contributed by atoms with van der Waals surface area (Å²) in [4.78, 5) is 17.9. The molecule has 4 nitrogen and oxygen atoms in total. The van der Waals surface area contributed by atoms with Crippen molar-refractivity contribution < 1.29 is 23.1 Å². The molecule has 3 aromatic rings. The average molecular weight is 403 g/mol. The largest absolute Gasteiger partial charge is 0.478 e. The van der Waals surface area contributed by atoms with Crippen LogP contribution in [0.25, 0.3) is 11.0 Å². The number of pyridine rings is 1. The van der Waals surface area contributed by atoms with Gasteiger partial charge in [0.05, 0.1) is 21.6 Å². The number of H-pyrrole nitrogens is 1. The summed E-state index contributed by atoms with van der Waals surface area (Å²) in [5.41, 5.74) is 0.345. The summed E-state index contributed by atoms with van der Waals surface area (Å²) in [6.45, 7) is 1.72. The Morgan fingerprint density at radius 3 is 2.54 bits per heavy atom. The van der Waals surface area contributed by atoms with Crippen LogP contribution in [0.1, 0.15) is 40.2 Å². The third-order valence-corrected chi connectivity index (χ3v) is 4.78. The molecule has 1 aromatic carbocycles.